The van der Waals surface area contributed by atoms with Crippen LogP contribution in [0, 0.1) is 0 Å². The van der Waals surface area contributed by atoms with Gasteiger partial charge in [0.2, 0.25) is 0 Å². The van der Waals surface area contributed by atoms with E-state index in [1.54, 1.807) is 12.3 Å². The Balaban J connectivity index is 1.64. The topological polar surface area (TPSA) is 42.0 Å². The predicted molar refractivity (Wildman–Crippen MR) is 116 cm³/mol. The third-order valence-electron chi connectivity index (χ3n) is 4.41. The maximum atomic E-state index is 12.4. The zero-order valence-electron chi connectivity index (χ0n) is 15.0. The van der Waals surface area contributed by atoms with Gasteiger partial charge in [0.05, 0.1) is 5.52 Å². The molecule has 0 atom stereocenters. The van der Waals surface area contributed by atoms with Crippen molar-refractivity contribution in [2.45, 2.75) is 0 Å². The molecule has 0 fully saturated rings. The highest BCUT2D eigenvalue weighted by atomic mass is 35.5. The molecular weight excluding hydrogens is 368 g/mol. The lowest BCUT2D eigenvalue weighted by atomic mass is 10.1. The van der Waals surface area contributed by atoms with Crippen molar-refractivity contribution >= 4 is 45.7 Å². The minimum Gasteiger partial charge on any atom is -0.354 e. The molecule has 0 aliphatic heterocycles. The van der Waals surface area contributed by atoms with Crippen molar-refractivity contribution in [2.24, 2.45) is 0 Å². The second-order valence-corrected chi connectivity index (χ2v) is 6.73. The van der Waals surface area contributed by atoms with Gasteiger partial charge in [-0.1, -0.05) is 60.1 Å². The van der Waals surface area contributed by atoms with Crippen LogP contribution in [0.25, 0.3) is 17.0 Å². The summed E-state index contributed by atoms with van der Waals surface area (Å²) in [5.74, 6) is -0.0283. The average molecular weight is 385 g/mol. The minimum atomic E-state index is -0.0283. The number of carbonyl (C=O) groups excluding carboxylic acids is 1. The number of aromatic nitrogens is 1. The molecule has 0 unspecified atom stereocenters. The molecule has 0 saturated carbocycles. The number of fused-ring (bicyclic) bond motifs is 1. The zero-order valence-corrected chi connectivity index (χ0v) is 15.7. The van der Waals surface area contributed by atoms with Crippen molar-refractivity contribution in [3.05, 3.63) is 107 Å². The molecule has 0 bridgehead atoms. The van der Waals surface area contributed by atoms with E-state index in [9.17, 15) is 4.79 Å². The maximum Gasteiger partial charge on any atom is 0.185 e. The molecule has 136 valence electrons. The number of hydrogen-bond donors (Lipinski definition) is 1. The van der Waals surface area contributed by atoms with Gasteiger partial charge in [-0.3, -0.25) is 9.78 Å². The van der Waals surface area contributed by atoms with Crippen LogP contribution in [0.3, 0.4) is 0 Å². The molecule has 0 radical (unpaired) electrons. The first kappa shape index (κ1) is 18.0. The molecule has 0 saturated heterocycles. The highest BCUT2D eigenvalue weighted by molar-refractivity contribution is 6.31. The maximum absolute atomic E-state index is 12.4. The summed E-state index contributed by atoms with van der Waals surface area (Å²) in [6.07, 6.45) is 5.18. The van der Waals surface area contributed by atoms with Gasteiger partial charge in [-0.25, -0.2) is 0 Å². The van der Waals surface area contributed by atoms with Gasteiger partial charge in [0, 0.05) is 33.5 Å². The predicted octanol–water partition coefficient (Wildman–Crippen LogP) is 6.53. The number of carbonyl (C=O) groups is 1. The number of rotatable bonds is 5. The number of benzene rings is 3. The summed E-state index contributed by atoms with van der Waals surface area (Å²) in [5.41, 5.74) is 4.25. The smallest absolute Gasteiger partial charge is 0.185 e. The Labute approximate surface area is 168 Å². The quantitative estimate of drug-likeness (QED) is 0.314. The number of halogens is 1. The van der Waals surface area contributed by atoms with Crippen LogP contribution >= 0.6 is 11.6 Å². The summed E-state index contributed by atoms with van der Waals surface area (Å²) in [5, 5.41) is 5.08. The van der Waals surface area contributed by atoms with E-state index in [1.165, 1.54) is 0 Å². The van der Waals surface area contributed by atoms with Gasteiger partial charge in [-0.15, -0.1) is 0 Å². The monoisotopic (exact) mass is 384 g/mol. The summed E-state index contributed by atoms with van der Waals surface area (Å²) in [7, 11) is 0. The van der Waals surface area contributed by atoms with E-state index in [0.717, 1.165) is 27.8 Å². The third-order valence-corrected chi connectivity index (χ3v) is 4.64. The largest absolute Gasteiger partial charge is 0.354 e. The molecule has 1 aromatic heterocycles. The molecule has 0 aliphatic carbocycles. The van der Waals surface area contributed by atoms with Gasteiger partial charge < -0.3 is 5.32 Å². The van der Waals surface area contributed by atoms with Crippen molar-refractivity contribution in [3.8, 4) is 0 Å². The summed E-state index contributed by atoms with van der Waals surface area (Å²) >= 11 is 6.08. The van der Waals surface area contributed by atoms with E-state index in [1.807, 2.05) is 84.9 Å². The van der Waals surface area contributed by atoms with E-state index in [2.05, 4.69) is 10.3 Å². The highest BCUT2D eigenvalue weighted by Gasteiger charge is 2.06. The molecule has 28 heavy (non-hydrogen) atoms. The van der Waals surface area contributed by atoms with Crippen LogP contribution in [0.4, 0.5) is 11.4 Å². The fraction of sp³-hybridized carbons (Fsp3) is 0. The number of nitrogens with zero attached hydrogens (tertiary/aromatic N) is 1. The van der Waals surface area contributed by atoms with Crippen molar-refractivity contribution < 1.29 is 4.79 Å². The lowest BCUT2D eigenvalue weighted by Crippen LogP contribution is -1.96. The van der Waals surface area contributed by atoms with Gasteiger partial charge in [0.15, 0.2) is 5.78 Å². The second kappa shape index (κ2) is 8.07. The molecular formula is C24H17ClN2O. The van der Waals surface area contributed by atoms with Crippen LogP contribution < -0.4 is 5.32 Å². The van der Waals surface area contributed by atoms with Crippen LogP contribution in [0.2, 0.25) is 5.02 Å². The molecule has 4 heteroatoms. The summed E-state index contributed by atoms with van der Waals surface area (Å²) in [6, 6.07) is 24.6. The van der Waals surface area contributed by atoms with Crippen LogP contribution in [0.15, 0.2) is 91.1 Å². The standard InChI is InChI=1S/C24H17ClN2O/c25-19-11-12-20-22(14-15-26-23(20)16-19)27-21-9-5-4-6-17(21)10-13-24(28)18-7-2-1-3-8-18/h1-16H,(H,26,27). The fourth-order valence-electron chi connectivity index (χ4n) is 3.00. The molecule has 1 N–H and O–H groups in total. The highest BCUT2D eigenvalue weighted by Crippen LogP contribution is 2.29. The average Bonchev–Trinajstić information content (AvgIpc) is 2.73. The SMILES string of the molecule is O=C(C=Cc1ccccc1Nc1ccnc2cc(Cl)ccc12)c1ccccc1. The molecule has 1 heterocycles. The van der Waals surface area contributed by atoms with E-state index in [0.29, 0.717) is 10.6 Å². The van der Waals surface area contributed by atoms with E-state index < -0.39 is 0 Å². The number of allylic oxidation sites excluding steroid dienone is 1. The van der Waals surface area contributed by atoms with Gasteiger partial charge in [-0.2, -0.15) is 0 Å². The van der Waals surface area contributed by atoms with Crippen LogP contribution in [-0.4, -0.2) is 10.8 Å². The summed E-state index contributed by atoms with van der Waals surface area (Å²) in [6.45, 7) is 0. The van der Waals surface area contributed by atoms with Gasteiger partial charge in [-0.05, 0) is 48.0 Å². The Kier molecular flexibility index (Phi) is 5.18. The number of para-hydroxylation sites is 1. The van der Waals surface area contributed by atoms with Gasteiger partial charge >= 0.3 is 0 Å². The lowest BCUT2D eigenvalue weighted by Gasteiger charge is -2.12. The van der Waals surface area contributed by atoms with Crippen LogP contribution in [0.5, 0.6) is 0 Å². The summed E-state index contributed by atoms with van der Waals surface area (Å²) < 4.78 is 0. The molecule has 3 aromatic carbocycles. The molecule has 0 amide bonds. The Hall–Kier alpha value is -3.43. The van der Waals surface area contributed by atoms with Crippen molar-refractivity contribution in [1.82, 2.24) is 4.98 Å². The zero-order chi connectivity index (χ0) is 19.3. The van der Waals surface area contributed by atoms with Crippen molar-refractivity contribution in [1.29, 1.82) is 0 Å². The normalized spacial score (nSPS) is 11.0. The number of pyridine rings is 1. The Morgan fingerprint density at radius 2 is 1.68 bits per heavy atom. The fourth-order valence-corrected chi connectivity index (χ4v) is 3.16. The van der Waals surface area contributed by atoms with Crippen molar-refractivity contribution in [3.63, 3.8) is 0 Å². The first-order valence-corrected chi connectivity index (χ1v) is 9.26. The summed E-state index contributed by atoms with van der Waals surface area (Å²) in [4.78, 5) is 16.7. The van der Waals surface area contributed by atoms with E-state index in [-0.39, 0.29) is 5.78 Å². The molecule has 0 spiro atoms. The number of anilines is 2. The number of ketones is 1. The lowest BCUT2D eigenvalue weighted by molar-refractivity contribution is 0.104. The van der Waals surface area contributed by atoms with Crippen molar-refractivity contribution in [2.75, 3.05) is 5.32 Å². The number of nitrogens with one attached hydrogen (secondary N) is 1. The van der Waals surface area contributed by atoms with E-state index >= 15 is 0 Å². The Morgan fingerprint density at radius 1 is 0.893 bits per heavy atom. The first-order valence-electron chi connectivity index (χ1n) is 8.88. The molecule has 4 rings (SSSR count). The Morgan fingerprint density at radius 3 is 2.54 bits per heavy atom. The first-order chi connectivity index (χ1) is 13.7. The van der Waals surface area contributed by atoms with Gasteiger partial charge in [0.1, 0.15) is 0 Å². The van der Waals surface area contributed by atoms with Crippen LogP contribution in [-0.2, 0) is 0 Å². The Bertz CT molecular complexity index is 1170. The minimum absolute atomic E-state index is 0.0283. The second-order valence-electron chi connectivity index (χ2n) is 6.30. The third kappa shape index (κ3) is 3.95. The van der Waals surface area contributed by atoms with Gasteiger partial charge in [0.25, 0.3) is 0 Å². The van der Waals surface area contributed by atoms with Crippen LogP contribution in [0.1, 0.15) is 15.9 Å². The molecule has 0 aliphatic rings. The molecule has 4 aromatic rings. The number of hydrogen-bond acceptors (Lipinski definition) is 3. The molecule has 3 nitrogen and oxygen atoms in total. The van der Waals surface area contributed by atoms with E-state index in [4.69, 9.17) is 11.6 Å².